The van der Waals surface area contributed by atoms with Gasteiger partial charge in [-0.1, -0.05) is 40.2 Å². The third-order valence-electron chi connectivity index (χ3n) is 2.58. The van der Waals surface area contributed by atoms with E-state index in [1.807, 2.05) is 43.3 Å². The summed E-state index contributed by atoms with van der Waals surface area (Å²) in [7, 11) is 0. The number of nitrogens with one attached hydrogen (secondary N) is 1. The lowest BCUT2D eigenvalue weighted by molar-refractivity contribution is -0.120. The Labute approximate surface area is 114 Å². The zero-order chi connectivity index (χ0) is 13.0. The summed E-state index contributed by atoms with van der Waals surface area (Å²) < 4.78 is 6.10. The second kappa shape index (κ2) is 5.98. The van der Waals surface area contributed by atoms with Crippen molar-refractivity contribution in [2.24, 2.45) is 0 Å². The molecule has 1 amide bonds. The quantitative estimate of drug-likeness (QED) is 0.937. The van der Waals surface area contributed by atoms with Gasteiger partial charge in [0.25, 0.3) is 0 Å². The van der Waals surface area contributed by atoms with E-state index in [0.717, 1.165) is 20.9 Å². The molecule has 0 aliphatic rings. The Morgan fingerprint density at radius 3 is 2.67 bits per heavy atom. The van der Waals surface area contributed by atoms with Crippen molar-refractivity contribution in [1.29, 1.82) is 0 Å². The molecule has 0 spiro atoms. The molecule has 0 fully saturated rings. The summed E-state index contributed by atoms with van der Waals surface area (Å²) in [5.41, 5.74) is 0.804. The molecule has 1 N–H and O–H groups in total. The predicted molar refractivity (Wildman–Crippen MR) is 76.8 cm³/mol. The van der Waals surface area contributed by atoms with Crippen LogP contribution >= 0.6 is 15.9 Å². The molecule has 2 rings (SSSR count). The highest BCUT2D eigenvalue weighted by molar-refractivity contribution is 9.10. The van der Waals surface area contributed by atoms with Gasteiger partial charge in [-0.25, -0.2) is 0 Å². The lowest BCUT2D eigenvalue weighted by Crippen LogP contribution is -2.18. The van der Waals surface area contributed by atoms with Crippen LogP contribution in [0.2, 0.25) is 0 Å². The standard InChI is InChI=1S/C14H14BrNO2/c1-2-18-9-14(17)16-13-8-7-12(15)10-5-3-4-6-11(10)13/h3-8H,2,9H2,1H3,(H,16,17). The van der Waals surface area contributed by atoms with Gasteiger partial charge in [-0.2, -0.15) is 0 Å². The van der Waals surface area contributed by atoms with Gasteiger partial charge >= 0.3 is 0 Å². The number of anilines is 1. The van der Waals surface area contributed by atoms with Gasteiger partial charge < -0.3 is 10.1 Å². The Bertz CT molecular complexity index is 569. The minimum Gasteiger partial charge on any atom is -0.372 e. The van der Waals surface area contributed by atoms with E-state index >= 15 is 0 Å². The highest BCUT2D eigenvalue weighted by Crippen LogP contribution is 2.29. The number of hydrogen-bond donors (Lipinski definition) is 1. The Morgan fingerprint density at radius 1 is 1.22 bits per heavy atom. The first-order valence-electron chi connectivity index (χ1n) is 5.77. The lowest BCUT2D eigenvalue weighted by Gasteiger charge is -2.09. The van der Waals surface area contributed by atoms with Crippen molar-refractivity contribution in [3.8, 4) is 0 Å². The van der Waals surface area contributed by atoms with Crippen molar-refractivity contribution in [2.45, 2.75) is 6.92 Å². The number of rotatable bonds is 4. The first-order chi connectivity index (χ1) is 8.72. The van der Waals surface area contributed by atoms with Crippen LogP contribution in [0, 0.1) is 0 Å². The molecule has 0 atom stereocenters. The van der Waals surface area contributed by atoms with Crippen molar-refractivity contribution in [2.75, 3.05) is 18.5 Å². The minimum atomic E-state index is -0.135. The zero-order valence-electron chi connectivity index (χ0n) is 10.1. The van der Waals surface area contributed by atoms with Crippen molar-refractivity contribution < 1.29 is 9.53 Å². The molecule has 0 aliphatic heterocycles. The number of halogens is 1. The Kier molecular flexibility index (Phi) is 4.33. The van der Waals surface area contributed by atoms with E-state index in [-0.39, 0.29) is 12.5 Å². The molecule has 2 aromatic carbocycles. The maximum absolute atomic E-state index is 11.7. The first kappa shape index (κ1) is 13.1. The van der Waals surface area contributed by atoms with Gasteiger partial charge in [0.05, 0.1) is 0 Å². The third kappa shape index (κ3) is 2.89. The molecule has 0 aliphatic carbocycles. The Balaban J connectivity index is 2.29. The van der Waals surface area contributed by atoms with E-state index in [4.69, 9.17) is 4.74 Å². The van der Waals surface area contributed by atoms with Crippen molar-refractivity contribution >= 4 is 38.3 Å². The van der Waals surface area contributed by atoms with Crippen LogP contribution in [0.25, 0.3) is 10.8 Å². The molecule has 0 saturated carbocycles. The molecule has 0 saturated heterocycles. The first-order valence-corrected chi connectivity index (χ1v) is 6.56. The fourth-order valence-electron chi connectivity index (χ4n) is 1.75. The number of carbonyl (C=O) groups excluding carboxylic acids is 1. The molecule has 2 aromatic rings. The fourth-order valence-corrected chi connectivity index (χ4v) is 2.23. The van der Waals surface area contributed by atoms with Gasteiger partial charge in [0, 0.05) is 22.2 Å². The Morgan fingerprint density at radius 2 is 1.94 bits per heavy atom. The third-order valence-corrected chi connectivity index (χ3v) is 3.27. The molecule has 0 aromatic heterocycles. The highest BCUT2D eigenvalue weighted by atomic mass is 79.9. The smallest absolute Gasteiger partial charge is 0.250 e. The summed E-state index contributed by atoms with van der Waals surface area (Å²) >= 11 is 3.50. The van der Waals surface area contributed by atoms with Crippen LogP contribution in [0.5, 0.6) is 0 Å². The molecular formula is C14H14BrNO2. The van der Waals surface area contributed by atoms with Crippen LogP contribution < -0.4 is 5.32 Å². The normalized spacial score (nSPS) is 10.6. The van der Waals surface area contributed by atoms with Gasteiger partial charge in [0.15, 0.2) is 0 Å². The number of carbonyl (C=O) groups is 1. The molecule has 0 radical (unpaired) electrons. The molecule has 4 heteroatoms. The largest absolute Gasteiger partial charge is 0.372 e. The molecule has 3 nitrogen and oxygen atoms in total. The average molecular weight is 308 g/mol. The zero-order valence-corrected chi connectivity index (χ0v) is 11.7. The van der Waals surface area contributed by atoms with Crippen molar-refractivity contribution in [3.05, 3.63) is 40.9 Å². The number of hydrogen-bond acceptors (Lipinski definition) is 2. The maximum atomic E-state index is 11.7. The molecule has 94 valence electrons. The van der Waals surface area contributed by atoms with Crippen LogP contribution in [0.4, 0.5) is 5.69 Å². The van der Waals surface area contributed by atoms with E-state index in [1.54, 1.807) is 0 Å². The van der Waals surface area contributed by atoms with Crippen molar-refractivity contribution in [3.63, 3.8) is 0 Å². The van der Waals surface area contributed by atoms with E-state index in [1.165, 1.54) is 0 Å². The summed E-state index contributed by atoms with van der Waals surface area (Å²) in [4.78, 5) is 11.7. The predicted octanol–water partition coefficient (Wildman–Crippen LogP) is 3.58. The summed E-state index contributed by atoms with van der Waals surface area (Å²) in [5.74, 6) is -0.135. The van der Waals surface area contributed by atoms with Crippen molar-refractivity contribution in [1.82, 2.24) is 0 Å². The number of amides is 1. The van der Waals surface area contributed by atoms with E-state index in [0.29, 0.717) is 6.61 Å². The molecule has 0 unspecified atom stereocenters. The molecular weight excluding hydrogens is 294 g/mol. The SMILES string of the molecule is CCOCC(=O)Nc1ccc(Br)c2ccccc12. The van der Waals surface area contributed by atoms with Crippen LogP contribution in [0.1, 0.15) is 6.92 Å². The van der Waals surface area contributed by atoms with E-state index < -0.39 is 0 Å². The van der Waals surface area contributed by atoms with Crippen LogP contribution in [-0.4, -0.2) is 19.1 Å². The molecule has 0 heterocycles. The highest BCUT2D eigenvalue weighted by Gasteiger charge is 2.07. The van der Waals surface area contributed by atoms with Crippen LogP contribution in [0.15, 0.2) is 40.9 Å². The number of ether oxygens (including phenoxy) is 1. The van der Waals surface area contributed by atoms with E-state index in [9.17, 15) is 4.79 Å². The second-order valence-electron chi connectivity index (χ2n) is 3.83. The van der Waals surface area contributed by atoms with E-state index in [2.05, 4.69) is 21.2 Å². The maximum Gasteiger partial charge on any atom is 0.250 e. The van der Waals surface area contributed by atoms with Gasteiger partial charge in [0.1, 0.15) is 6.61 Å². The minimum absolute atomic E-state index is 0.0842. The van der Waals surface area contributed by atoms with Crippen LogP contribution in [-0.2, 0) is 9.53 Å². The average Bonchev–Trinajstić information content (AvgIpc) is 2.40. The topological polar surface area (TPSA) is 38.3 Å². The van der Waals surface area contributed by atoms with Gasteiger partial charge in [-0.15, -0.1) is 0 Å². The summed E-state index contributed by atoms with van der Waals surface area (Å²) in [6, 6.07) is 11.7. The van der Waals surface area contributed by atoms with Gasteiger partial charge in [0.2, 0.25) is 5.91 Å². The molecule has 18 heavy (non-hydrogen) atoms. The van der Waals surface area contributed by atoms with Gasteiger partial charge in [-0.3, -0.25) is 4.79 Å². The summed E-state index contributed by atoms with van der Waals surface area (Å²) in [6.07, 6.45) is 0. The second-order valence-corrected chi connectivity index (χ2v) is 4.68. The van der Waals surface area contributed by atoms with Gasteiger partial charge in [-0.05, 0) is 24.4 Å². The fraction of sp³-hybridized carbons (Fsp3) is 0.214. The summed E-state index contributed by atoms with van der Waals surface area (Å²) in [5, 5.41) is 4.95. The lowest BCUT2D eigenvalue weighted by atomic mass is 10.1. The number of fused-ring (bicyclic) bond motifs is 1. The monoisotopic (exact) mass is 307 g/mol. The molecule has 0 bridgehead atoms. The summed E-state index contributed by atoms with van der Waals surface area (Å²) in [6.45, 7) is 2.48. The number of benzene rings is 2. The Hall–Kier alpha value is -1.39. The van der Waals surface area contributed by atoms with Crippen LogP contribution in [0.3, 0.4) is 0 Å².